The van der Waals surface area contributed by atoms with Crippen molar-refractivity contribution in [3.05, 3.63) is 35.1 Å². The summed E-state index contributed by atoms with van der Waals surface area (Å²) in [5.74, 6) is -0.291. The number of halogens is 1. The summed E-state index contributed by atoms with van der Waals surface area (Å²) in [6, 6.07) is 6.60. The fourth-order valence-electron chi connectivity index (χ4n) is 2.28. The molecule has 90 valence electrons. The number of nitriles is 1. The number of piperidine rings is 1. The molecule has 2 rings (SSSR count). The Balaban J connectivity index is 2.12. The van der Waals surface area contributed by atoms with Crippen molar-refractivity contribution in [1.29, 1.82) is 5.26 Å². The molecule has 1 heterocycles. The highest BCUT2D eigenvalue weighted by Crippen LogP contribution is 2.16. The largest absolute Gasteiger partial charge is 0.327 e. The third kappa shape index (κ3) is 3.02. The van der Waals surface area contributed by atoms with E-state index in [9.17, 15) is 4.39 Å². The molecule has 0 bridgehead atoms. The van der Waals surface area contributed by atoms with Crippen molar-refractivity contribution >= 4 is 0 Å². The lowest BCUT2D eigenvalue weighted by Gasteiger charge is -2.30. The summed E-state index contributed by atoms with van der Waals surface area (Å²) in [6.45, 7) is 2.39. The van der Waals surface area contributed by atoms with E-state index in [1.807, 2.05) is 0 Å². The maximum absolute atomic E-state index is 13.2. The Morgan fingerprint density at radius 1 is 1.53 bits per heavy atom. The minimum Gasteiger partial charge on any atom is -0.327 e. The zero-order valence-electron chi connectivity index (χ0n) is 9.69. The van der Waals surface area contributed by atoms with Gasteiger partial charge < -0.3 is 5.73 Å². The van der Waals surface area contributed by atoms with E-state index < -0.39 is 0 Å². The average Bonchev–Trinajstić information content (AvgIpc) is 2.29. The van der Waals surface area contributed by atoms with Gasteiger partial charge in [-0.2, -0.15) is 5.26 Å². The minimum atomic E-state index is -0.291. The molecule has 1 atom stereocenters. The number of hydrogen-bond acceptors (Lipinski definition) is 3. The molecule has 1 aromatic rings. The first kappa shape index (κ1) is 12.0. The monoisotopic (exact) mass is 233 g/mol. The summed E-state index contributed by atoms with van der Waals surface area (Å²) >= 11 is 0. The van der Waals surface area contributed by atoms with Crippen LogP contribution in [0.3, 0.4) is 0 Å². The van der Waals surface area contributed by atoms with Crippen LogP contribution in [-0.2, 0) is 6.54 Å². The van der Waals surface area contributed by atoms with Crippen LogP contribution in [0.25, 0.3) is 0 Å². The van der Waals surface area contributed by atoms with E-state index in [0.717, 1.165) is 31.5 Å². The van der Waals surface area contributed by atoms with Gasteiger partial charge in [0.25, 0.3) is 0 Å². The first-order valence-electron chi connectivity index (χ1n) is 5.85. The van der Waals surface area contributed by atoms with Gasteiger partial charge in [0, 0.05) is 19.1 Å². The molecule has 0 amide bonds. The maximum Gasteiger partial charge on any atom is 0.123 e. The molecule has 1 fully saturated rings. The second-order valence-electron chi connectivity index (χ2n) is 4.55. The molecule has 4 heteroatoms. The van der Waals surface area contributed by atoms with E-state index >= 15 is 0 Å². The predicted molar refractivity (Wildman–Crippen MR) is 63.6 cm³/mol. The van der Waals surface area contributed by atoms with Gasteiger partial charge in [-0.3, -0.25) is 4.90 Å². The summed E-state index contributed by atoms with van der Waals surface area (Å²) in [5, 5.41) is 8.98. The fourth-order valence-corrected chi connectivity index (χ4v) is 2.28. The zero-order chi connectivity index (χ0) is 12.3. The van der Waals surface area contributed by atoms with Crippen molar-refractivity contribution in [3.8, 4) is 6.07 Å². The summed E-state index contributed by atoms with van der Waals surface area (Å²) in [4.78, 5) is 2.18. The number of rotatable bonds is 2. The van der Waals surface area contributed by atoms with E-state index in [2.05, 4.69) is 11.0 Å². The normalized spacial score (nSPS) is 21.1. The van der Waals surface area contributed by atoms with Gasteiger partial charge in [-0.1, -0.05) is 0 Å². The molecule has 1 saturated heterocycles. The molecule has 2 N–H and O–H groups in total. The van der Waals surface area contributed by atoms with Gasteiger partial charge in [0.15, 0.2) is 0 Å². The lowest BCUT2D eigenvalue weighted by molar-refractivity contribution is 0.201. The average molecular weight is 233 g/mol. The van der Waals surface area contributed by atoms with Crippen LogP contribution < -0.4 is 5.73 Å². The molecular formula is C13H16FN3. The molecule has 0 aliphatic carbocycles. The summed E-state index contributed by atoms with van der Waals surface area (Å²) in [7, 11) is 0. The van der Waals surface area contributed by atoms with Gasteiger partial charge in [0.05, 0.1) is 11.6 Å². The number of nitrogens with two attached hydrogens (primary N) is 1. The van der Waals surface area contributed by atoms with Crippen LogP contribution in [0.4, 0.5) is 4.39 Å². The quantitative estimate of drug-likeness (QED) is 0.844. The third-order valence-electron chi connectivity index (χ3n) is 3.12. The first-order valence-corrected chi connectivity index (χ1v) is 5.85. The lowest BCUT2D eigenvalue weighted by Crippen LogP contribution is -2.42. The van der Waals surface area contributed by atoms with Gasteiger partial charge in [0.1, 0.15) is 5.82 Å². The molecule has 0 radical (unpaired) electrons. The second kappa shape index (κ2) is 5.26. The van der Waals surface area contributed by atoms with E-state index in [4.69, 9.17) is 11.0 Å². The van der Waals surface area contributed by atoms with Crippen LogP contribution in [-0.4, -0.2) is 24.0 Å². The standard InChI is InChI=1S/C13H16FN3/c14-12-4-3-10(7-15)11(6-12)8-17-5-1-2-13(16)9-17/h3-4,6,13H,1-2,5,8-9,16H2/t13-/m1/s1. The molecule has 3 nitrogen and oxygen atoms in total. The molecule has 0 unspecified atom stereocenters. The second-order valence-corrected chi connectivity index (χ2v) is 4.55. The third-order valence-corrected chi connectivity index (χ3v) is 3.12. The van der Waals surface area contributed by atoms with Gasteiger partial charge >= 0.3 is 0 Å². The zero-order valence-corrected chi connectivity index (χ0v) is 9.69. The molecule has 17 heavy (non-hydrogen) atoms. The van der Waals surface area contributed by atoms with Gasteiger partial charge in [0.2, 0.25) is 0 Å². The first-order chi connectivity index (χ1) is 8.19. The number of nitrogens with zero attached hydrogens (tertiary/aromatic N) is 2. The molecule has 0 spiro atoms. The van der Waals surface area contributed by atoms with Crippen LogP contribution >= 0.6 is 0 Å². The summed E-state index contributed by atoms with van der Waals surface area (Å²) < 4.78 is 13.2. The van der Waals surface area contributed by atoms with E-state index in [0.29, 0.717) is 12.1 Å². The Morgan fingerprint density at radius 2 is 2.35 bits per heavy atom. The lowest BCUT2D eigenvalue weighted by atomic mass is 10.0. The Kier molecular flexibility index (Phi) is 3.72. The maximum atomic E-state index is 13.2. The minimum absolute atomic E-state index is 0.197. The van der Waals surface area contributed by atoms with Crippen molar-refractivity contribution in [2.45, 2.75) is 25.4 Å². The number of likely N-dealkylation sites (tertiary alicyclic amines) is 1. The SMILES string of the molecule is N#Cc1ccc(F)cc1CN1CCC[C@@H](N)C1. The molecular weight excluding hydrogens is 217 g/mol. The molecule has 0 aromatic heterocycles. The fraction of sp³-hybridized carbons (Fsp3) is 0.462. The van der Waals surface area contributed by atoms with Gasteiger partial charge in [-0.05, 0) is 43.1 Å². The van der Waals surface area contributed by atoms with Gasteiger partial charge in [-0.15, -0.1) is 0 Å². The van der Waals surface area contributed by atoms with E-state index in [-0.39, 0.29) is 11.9 Å². The topological polar surface area (TPSA) is 53.0 Å². The van der Waals surface area contributed by atoms with E-state index in [1.165, 1.54) is 18.2 Å². The van der Waals surface area contributed by atoms with Crippen molar-refractivity contribution in [2.75, 3.05) is 13.1 Å². The Labute approximate surface area is 101 Å². The van der Waals surface area contributed by atoms with Crippen LogP contribution in [0.5, 0.6) is 0 Å². The van der Waals surface area contributed by atoms with Crippen LogP contribution in [0.15, 0.2) is 18.2 Å². The molecule has 1 aliphatic rings. The summed E-state index contributed by atoms with van der Waals surface area (Å²) in [6.07, 6.45) is 2.11. The molecule has 0 saturated carbocycles. The van der Waals surface area contributed by atoms with Crippen molar-refractivity contribution < 1.29 is 4.39 Å². The van der Waals surface area contributed by atoms with Gasteiger partial charge in [-0.25, -0.2) is 4.39 Å². The van der Waals surface area contributed by atoms with E-state index in [1.54, 1.807) is 0 Å². The Morgan fingerprint density at radius 3 is 3.06 bits per heavy atom. The Hall–Kier alpha value is -1.44. The highest BCUT2D eigenvalue weighted by molar-refractivity contribution is 5.37. The van der Waals surface area contributed by atoms with Crippen LogP contribution in [0, 0.1) is 17.1 Å². The number of hydrogen-bond donors (Lipinski definition) is 1. The Bertz CT molecular complexity index is 439. The number of benzene rings is 1. The summed E-state index contributed by atoms with van der Waals surface area (Å²) in [5.41, 5.74) is 7.20. The highest BCUT2D eigenvalue weighted by atomic mass is 19.1. The van der Waals surface area contributed by atoms with Crippen molar-refractivity contribution in [3.63, 3.8) is 0 Å². The van der Waals surface area contributed by atoms with Crippen molar-refractivity contribution in [2.24, 2.45) is 5.73 Å². The predicted octanol–water partition coefficient (Wildman–Crippen LogP) is 1.62. The van der Waals surface area contributed by atoms with Crippen molar-refractivity contribution in [1.82, 2.24) is 4.90 Å². The highest BCUT2D eigenvalue weighted by Gasteiger charge is 2.17. The smallest absolute Gasteiger partial charge is 0.123 e. The van der Waals surface area contributed by atoms with Crippen LogP contribution in [0.2, 0.25) is 0 Å². The van der Waals surface area contributed by atoms with Crippen LogP contribution in [0.1, 0.15) is 24.0 Å². The molecule has 1 aliphatic heterocycles. The molecule has 1 aromatic carbocycles.